The first-order valence-electron chi connectivity index (χ1n) is 5.91. The monoisotopic (exact) mass is 385 g/mol. The number of rotatable bonds is 4. The Hall–Kier alpha value is -1.05. The van der Waals surface area contributed by atoms with E-state index in [4.69, 9.17) is 14.8 Å². The number of aliphatic hydroxyl groups excluding tert-OH is 1. The van der Waals surface area contributed by atoms with Crippen LogP contribution in [0.4, 0.5) is 0 Å². The largest absolute Gasteiger partial charge is 1.00 e. The van der Waals surface area contributed by atoms with Crippen LogP contribution in [-0.4, -0.2) is 37.0 Å². The van der Waals surface area contributed by atoms with Crippen LogP contribution in [0.3, 0.4) is 0 Å². The van der Waals surface area contributed by atoms with Crippen LogP contribution in [0.15, 0.2) is 40.1 Å². The molecule has 0 heterocycles. The fourth-order valence-electron chi connectivity index (χ4n) is 2.04. The molecule has 0 aromatic heterocycles. The van der Waals surface area contributed by atoms with Gasteiger partial charge in [0.2, 0.25) is 0 Å². The van der Waals surface area contributed by atoms with Gasteiger partial charge >= 0.3 is 29.6 Å². The molecule has 9 nitrogen and oxygen atoms in total. The summed E-state index contributed by atoms with van der Waals surface area (Å²) in [4.78, 5) is 9.95. The fourth-order valence-corrected chi connectivity index (χ4v) is 3.11. The van der Waals surface area contributed by atoms with Gasteiger partial charge in [0, 0.05) is 0 Å². The first-order chi connectivity index (χ1) is 10.4. The summed E-state index contributed by atoms with van der Waals surface area (Å²) in [6, 6.07) is 4.86. The molecule has 0 aliphatic rings. The second-order valence-corrected chi connectivity index (χ2v) is 7.49. The van der Waals surface area contributed by atoms with Crippen LogP contribution in [0.1, 0.15) is 13.1 Å². The van der Waals surface area contributed by atoms with Crippen LogP contribution < -0.4 is 35.3 Å². The number of hydrogen-bond donors (Lipinski definition) is 4. The van der Waals surface area contributed by atoms with E-state index in [0.717, 1.165) is 30.3 Å². The number of nitrogens with two attached hydrogens (primary N) is 1. The molecule has 1 unspecified atom stereocenters. The summed E-state index contributed by atoms with van der Waals surface area (Å²) in [6.45, 7) is 0. The van der Waals surface area contributed by atoms with Crippen molar-refractivity contribution in [3.8, 4) is 0 Å². The van der Waals surface area contributed by atoms with Crippen molar-refractivity contribution in [3.63, 3.8) is 0 Å². The third-order valence-corrected chi connectivity index (χ3v) is 4.77. The SMILES string of the molecule is NC(=O)C(O)c1cc(S(=O)(=O)O)cc2cc(S(=O)(=O)O)ccc12.[H-].[Na+]. The van der Waals surface area contributed by atoms with Crippen molar-refractivity contribution in [3.05, 3.63) is 35.9 Å². The van der Waals surface area contributed by atoms with Gasteiger partial charge in [-0.3, -0.25) is 13.9 Å². The van der Waals surface area contributed by atoms with Gasteiger partial charge in [0.1, 0.15) is 0 Å². The Bertz CT molecular complexity index is 1020. The maximum atomic E-state index is 11.3. The van der Waals surface area contributed by atoms with Crippen molar-refractivity contribution >= 4 is 36.9 Å². The number of carbonyl (C=O) groups excluding carboxylic acids is 1. The Morgan fingerprint density at radius 3 is 1.96 bits per heavy atom. The predicted octanol–water partition coefficient (Wildman–Crippen LogP) is -3.03. The summed E-state index contributed by atoms with van der Waals surface area (Å²) in [5, 5.41) is 9.87. The van der Waals surface area contributed by atoms with Gasteiger partial charge in [-0.1, -0.05) is 6.07 Å². The Balaban J connectivity index is 0.00000288. The molecule has 0 saturated carbocycles. The molecule has 2 rings (SSSR count). The number of carbonyl (C=O) groups is 1. The van der Waals surface area contributed by atoms with Crippen molar-refractivity contribution in [1.29, 1.82) is 0 Å². The Labute approximate surface area is 160 Å². The zero-order valence-corrected chi connectivity index (χ0v) is 15.9. The van der Waals surface area contributed by atoms with Crippen molar-refractivity contribution in [2.24, 2.45) is 5.73 Å². The second kappa shape index (κ2) is 7.06. The minimum absolute atomic E-state index is 0. The van der Waals surface area contributed by atoms with Crippen LogP contribution in [0.25, 0.3) is 10.8 Å². The topological polar surface area (TPSA) is 172 Å². The first-order valence-corrected chi connectivity index (χ1v) is 8.79. The number of fused-ring (bicyclic) bond motifs is 1. The van der Waals surface area contributed by atoms with E-state index in [9.17, 15) is 26.7 Å². The molecule has 0 aliphatic carbocycles. The van der Waals surface area contributed by atoms with Gasteiger partial charge in [0.15, 0.2) is 6.10 Å². The molecule has 0 bridgehead atoms. The summed E-state index contributed by atoms with van der Waals surface area (Å²) in [6.07, 6.45) is -1.88. The smallest absolute Gasteiger partial charge is 1.00 e. The minimum atomic E-state index is -4.70. The Kier molecular flexibility index (Phi) is 6.17. The van der Waals surface area contributed by atoms with E-state index in [1.54, 1.807) is 0 Å². The third kappa shape index (κ3) is 4.32. The van der Waals surface area contributed by atoms with Gasteiger partial charge in [0.25, 0.3) is 26.1 Å². The molecule has 2 aromatic carbocycles. The average Bonchev–Trinajstić information content (AvgIpc) is 2.42. The van der Waals surface area contributed by atoms with Gasteiger partial charge in [0.05, 0.1) is 9.79 Å². The van der Waals surface area contributed by atoms with Crippen LogP contribution in [0.5, 0.6) is 0 Å². The molecule has 24 heavy (non-hydrogen) atoms. The molecule has 0 radical (unpaired) electrons. The number of amides is 1. The van der Waals surface area contributed by atoms with Crippen LogP contribution in [0.2, 0.25) is 0 Å². The summed E-state index contributed by atoms with van der Waals surface area (Å²) in [7, 11) is -9.26. The summed E-state index contributed by atoms with van der Waals surface area (Å²) >= 11 is 0. The molecular formula is C12H12NNaO8S2. The molecule has 1 atom stereocenters. The van der Waals surface area contributed by atoms with E-state index in [1.165, 1.54) is 0 Å². The number of hydrogen-bond acceptors (Lipinski definition) is 6. The Morgan fingerprint density at radius 2 is 1.50 bits per heavy atom. The first kappa shape index (κ1) is 21.0. The number of aliphatic hydroxyl groups is 1. The van der Waals surface area contributed by atoms with E-state index in [1.807, 2.05) is 0 Å². The predicted molar refractivity (Wildman–Crippen MR) is 78.8 cm³/mol. The average molecular weight is 385 g/mol. The van der Waals surface area contributed by atoms with Gasteiger partial charge in [-0.2, -0.15) is 16.8 Å². The fraction of sp³-hybridized carbons (Fsp3) is 0.0833. The maximum Gasteiger partial charge on any atom is 1.00 e. The van der Waals surface area contributed by atoms with Crippen molar-refractivity contribution in [2.45, 2.75) is 15.9 Å². The molecular weight excluding hydrogens is 373 g/mol. The van der Waals surface area contributed by atoms with Crippen molar-refractivity contribution in [1.82, 2.24) is 0 Å². The standard InChI is InChI=1S/C12H11NO8S2.Na.H/c13-12(15)11(14)10-5-8(23(19,20)21)4-6-3-7(22(16,17)18)1-2-9(6)10;;/h1-5,11,14H,(H2,13,15)(H,16,17,18)(H,19,20,21);;/q;+1;-1. The van der Waals surface area contributed by atoms with Gasteiger partial charge in [-0.15, -0.1) is 0 Å². The molecule has 0 saturated heterocycles. The number of benzene rings is 2. The van der Waals surface area contributed by atoms with E-state index in [-0.39, 0.29) is 47.3 Å². The van der Waals surface area contributed by atoms with Gasteiger partial charge in [-0.25, -0.2) is 0 Å². The van der Waals surface area contributed by atoms with Crippen molar-refractivity contribution in [2.75, 3.05) is 0 Å². The summed E-state index contributed by atoms with van der Waals surface area (Å²) in [5.74, 6) is -1.17. The van der Waals surface area contributed by atoms with E-state index >= 15 is 0 Å². The second-order valence-electron chi connectivity index (χ2n) is 4.65. The van der Waals surface area contributed by atoms with Crippen LogP contribution >= 0.6 is 0 Å². The summed E-state index contributed by atoms with van der Waals surface area (Å²) < 4.78 is 63.0. The van der Waals surface area contributed by atoms with E-state index in [0.29, 0.717) is 0 Å². The maximum absolute atomic E-state index is 11.3. The molecule has 126 valence electrons. The third-order valence-electron chi connectivity index (χ3n) is 3.09. The van der Waals surface area contributed by atoms with E-state index < -0.39 is 42.0 Å². The zero-order valence-electron chi connectivity index (χ0n) is 13.2. The Morgan fingerprint density at radius 1 is 1.00 bits per heavy atom. The van der Waals surface area contributed by atoms with Gasteiger partial charge < -0.3 is 12.3 Å². The van der Waals surface area contributed by atoms with Crippen molar-refractivity contribution < 1.29 is 66.8 Å². The molecule has 1 amide bonds. The molecule has 2 aromatic rings. The van der Waals surface area contributed by atoms with Crippen LogP contribution in [0, 0.1) is 0 Å². The summed E-state index contributed by atoms with van der Waals surface area (Å²) in [5.41, 5.74) is 4.75. The van der Waals surface area contributed by atoms with Crippen LogP contribution in [-0.2, 0) is 25.0 Å². The number of primary amides is 1. The normalized spacial score (nSPS) is 13.3. The molecule has 0 fully saturated rings. The molecule has 5 N–H and O–H groups in total. The van der Waals surface area contributed by atoms with Gasteiger partial charge in [-0.05, 0) is 40.6 Å². The van der Waals surface area contributed by atoms with E-state index in [2.05, 4.69) is 0 Å². The zero-order chi connectivity index (χ0) is 17.6. The molecule has 12 heteroatoms. The molecule has 0 spiro atoms. The minimum Gasteiger partial charge on any atom is -1.00 e. The molecule has 0 aliphatic heterocycles. The quantitative estimate of drug-likeness (QED) is 0.318.